The molecule has 1 aliphatic heterocycles. The maximum absolute atomic E-state index is 11.6. The Hall–Kier alpha value is -2.13. The second-order valence-electron chi connectivity index (χ2n) is 4.45. The largest absolute Gasteiger partial charge is 0.399 e. The van der Waals surface area contributed by atoms with E-state index in [1.807, 2.05) is 0 Å². The smallest absolute Gasteiger partial charge is 0.249 e. The first-order valence-corrected chi connectivity index (χ1v) is 7.34. The molecule has 0 radical (unpaired) electrons. The van der Waals surface area contributed by atoms with E-state index in [2.05, 4.69) is 10.6 Å². The summed E-state index contributed by atoms with van der Waals surface area (Å²) < 4.78 is 23.0. The quantitative estimate of drug-likeness (QED) is 0.422. The Kier molecular flexibility index (Phi) is 3.64. The lowest BCUT2D eigenvalue weighted by Gasteiger charge is -2.23. The third kappa shape index (κ3) is 3.06. The summed E-state index contributed by atoms with van der Waals surface area (Å²) in [6, 6.07) is 3.43. The Bertz CT molecular complexity index is 671. The number of nitrogen functional groups attached to an aromatic ring is 1. The Morgan fingerprint density at radius 1 is 1.30 bits per heavy atom. The minimum absolute atomic E-state index is 0.177. The standard InChI is InChI=1S/C11H14N4O4S/c12-6-1-2-7(9(5-6)20(13,18)19)14-8-3-4-10(16)15-11(8)17/h1-2,5,8,14H,3-4,12H2,(H2,13,18,19)(H,15,16,17). The summed E-state index contributed by atoms with van der Waals surface area (Å²) in [5.41, 5.74) is 5.95. The zero-order valence-corrected chi connectivity index (χ0v) is 11.2. The third-order valence-electron chi connectivity index (χ3n) is 2.88. The topological polar surface area (TPSA) is 144 Å². The first-order valence-electron chi connectivity index (χ1n) is 5.80. The molecule has 1 aromatic carbocycles. The number of nitrogens with two attached hydrogens (primary N) is 2. The molecule has 1 saturated heterocycles. The van der Waals surface area contributed by atoms with Crippen LogP contribution in [-0.4, -0.2) is 26.3 Å². The van der Waals surface area contributed by atoms with Crippen molar-refractivity contribution in [2.24, 2.45) is 5.14 Å². The van der Waals surface area contributed by atoms with Crippen LogP contribution in [0.25, 0.3) is 0 Å². The average molecular weight is 298 g/mol. The molecule has 1 aliphatic rings. The number of benzene rings is 1. The van der Waals surface area contributed by atoms with Gasteiger partial charge < -0.3 is 11.1 Å². The van der Waals surface area contributed by atoms with Crippen LogP contribution in [0.2, 0.25) is 0 Å². The fraction of sp³-hybridized carbons (Fsp3) is 0.273. The van der Waals surface area contributed by atoms with Crippen LogP contribution in [0.15, 0.2) is 23.1 Å². The van der Waals surface area contributed by atoms with E-state index >= 15 is 0 Å². The molecular weight excluding hydrogens is 284 g/mol. The van der Waals surface area contributed by atoms with Crippen LogP contribution >= 0.6 is 0 Å². The highest BCUT2D eigenvalue weighted by molar-refractivity contribution is 7.89. The van der Waals surface area contributed by atoms with E-state index in [4.69, 9.17) is 10.9 Å². The van der Waals surface area contributed by atoms with E-state index < -0.39 is 22.0 Å². The van der Waals surface area contributed by atoms with Crippen molar-refractivity contribution in [3.05, 3.63) is 18.2 Å². The van der Waals surface area contributed by atoms with E-state index in [1.54, 1.807) is 0 Å². The number of rotatable bonds is 3. The maximum Gasteiger partial charge on any atom is 0.249 e. The third-order valence-corrected chi connectivity index (χ3v) is 3.83. The van der Waals surface area contributed by atoms with E-state index in [0.717, 1.165) is 0 Å². The van der Waals surface area contributed by atoms with Gasteiger partial charge in [0.25, 0.3) is 0 Å². The molecule has 1 heterocycles. The lowest BCUT2D eigenvalue weighted by Crippen LogP contribution is -2.47. The van der Waals surface area contributed by atoms with Crippen molar-refractivity contribution in [1.82, 2.24) is 5.32 Å². The molecule has 9 heteroatoms. The number of anilines is 2. The molecule has 20 heavy (non-hydrogen) atoms. The van der Waals surface area contributed by atoms with Crippen molar-refractivity contribution in [1.29, 1.82) is 0 Å². The van der Waals surface area contributed by atoms with Gasteiger partial charge in [-0.1, -0.05) is 0 Å². The number of carbonyl (C=O) groups is 2. The number of nitrogens with one attached hydrogen (secondary N) is 2. The lowest BCUT2D eigenvalue weighted by atomic mass is 10.1. The molecular formula is C11H14N4O4S. The molecule has 0 saturated carbocycles. The summed E-state index contributed by atoms with van der Waals surface area (Å²) in [6.07, 6.45) is 0.461. The molecule has 2 rings (SSSR count). The van der Waals surface area contributed by atoms with Gasteiger partial charge >= 0.3 is 0 Å². The fourth-order valence-corrected chi connectivity index (χ4v) is 2.65. The highest BCUT2D eigenvalue weighted by atomic mass is 32.2. The van der Waals surface area contributed by atoms with Gasteiger partial charge in [-0.2, -0.15) is 0 Å². The van der Waals surface area contributed by atoms with E-state index in [-0.39, 0.29) is 35.0 Å². The van der Waals surface area contributed by atoms with E-state index in [9.17, 15) is 18.0 Å². The normalized spacial score (nSPS) is 19.6. The number of hydrogen-bond acceptors (Lipinski definition) is 6. The van der Waals surface area contributed by atoms with Crippen LogP contribution in [0.1, 0.15) is 12.8 Å². The molecule has 2 amide bonds. The Morgan fingerprint density at radius 3 is 2.60 bits per heavy atom. The van der Waals surface area contributed by atoms with Crippen molar-refractivity contribution in [3.63, 3.8) is 0 Å². The Morgan fingerprint density at radius 2 is 2.00 bits per heavy atom. The predicted molar refractivity (Wildman–Crippen MR) is 72.0 cm³/mol. The molecule has 0 bridgehead atoms. The van der Waals surface area contributed by atoms with E-state index in [0.29, 0.717) is 0 Å². The Labute approximate surface area is 115 Å². The van der Waals surface area contributed by atoms with Gasteiger partial charge in [-0.25, -0.2) is 13.6 Å². The predicted octanol–water partition coefficient (Wildman–Crippen LogP) is -0.867. The number of sulfonamides is 1. The highest BCUT2D eigenvalue weighted by Crippen LogP contribution is 2.24. The minimum atomic E-state index is -3.98. The number of amides is 2. The maximum atomic E-state index is 11.6. The Balaban J connectivity index is 2.30. The number of primary sulfonamides is 1. The SMILES string of the molecule is Nc1ccc(NC2CCC(=O)NC2=O)c(S(N)(=O)=O)c1. The van der Waals surface area contributed by atoms with Gasteiger partial charge in [-0.3, -0.25) is 14.9 Å². The van der Waals surface area contributed by atoms with E-state index in [1.165, 1.54) is 18.2 Å². The molecule has 0 aromatic heterocycles. The van der Waals surface area contributed by atoms with Crippen molar-refractivity contribution >= 4 is 33.2 Å². The van der Waals surface area contributed by atoms with Crippen LogP contribution in [-0.2, 0) is 19.6 Å². The molecule has 1 unspecified atom stereocenters. The summed E-state index contributed by atoms with van der Waals surface area (Å²) in [6.45, 7) is 0. The lowest BCUT2D eigenvalue weighted by molar-refractivity contribution is -0.133. The zero-order chi connectivity index (χ0) is 14.9. The van der Waals surface area contributed by atoms with Gasteiger partial charge in [0.2, 0.25) is 21.8 Å². The summed E-state index contributed by atoms with van der Waals surface area (Å²) in [4.78, 5) is 22.5. The summed E-state index contributed by atoms with van der Waals surface area (Å²) >= 11 is 0. The van der Waals surface area contributed by atoms with Gasteiger partial charge in [-0.05, 0) is 24.6 Å². The van der Waals surface area contributed by atoms with Gasteiger partial charge in [-0.15, -0.1) is 0 Å². The monoisotopic (exact) mass is 298 g/mol. The van der Waals surface area contributed by atoms with Crippen molar-refractivity contribution in [3.8, 4) is 0 Å². The molecule has 1 fully saturated rings. The number of carbonyl (C=O) groups excluding carboxylic acids is 2. The summed E-state index contributed by atoms with van der Waals surface area (Å²) in [5.74, 6) is -0.851. The van der Waals surface area contributed by atoms with Crippen LogP contribution < -0.4 is 21.5 Å². The van der Waals surface area contributed by atoms with Gasteiger partial charge in [0, 0.05) is 12.1 Å². The molecule has 108 valence electrons. The van der Waals surface area contributed by atoms with Crippen molar-refractivity contribution in [2.75, 3.05) is 11.1 Å². The number of piperidine rings is 1. The summed E-state index contributed by atoms with van der Waals surface area (Å²) in [7, 11) is -3.98. The number of hydrogen-bond donors (Lipinski definition) is 4. The minimum Gasteiger partial charge on any atom is -0.399 e. The molecule has 1 aromatic rings. The zero-order valence-electron chi connectivity index (χ0n) is 10.4. The van der Waals surface area contributed by atoms with Crippen LogP contribution in [0.5, 0.6) is 0 Å². The van der Waals surface area contributed by atoms with Crippen LogP contribution in [0, 0.1) is 0 Å². The van der Waals surface area contributed by atoms with Gasteiger partial charge in [0.15, 0.2) is 0 Å². The second-order valence-corrected chi connectivity index (χ2v) is 5.98. The molecule has 1 atom stereocenters. The van der Waals surface area contributed by atoms with Gasteiger partial charge in [0.1, 0.15) is 10.9 Å². The molecule has 8 nitrogen and oxygen atoms in total. The first kappa shape index (κ1) is 14.3. The van der Waals surface area contributed by atoms with Crippen molar-refractivity contribution in [2.45, 2.75) is 23.8 Å². The number of imide groups is 1. The highest BCUT2D eigenvalue weighted by Gasteiger charge is 2.27. The van der Waals surface area contributed by atoms with Gasteiger partial charge in [0.05, 0.1) is 5.69 Å². The average Bonchev–Trinajstić information content (AvgIpc) is 2.33. The van der Waals surface area contributed by atoms with Crippen LogP contribution in [0.4, 0.5) is 11.4 Å². The molecule has 6 N–H and O–H groups in total. The fourth-order valence-electron chi connectivity index (χ4n) is 1.91. The molecule has 0 spiro atoms. The van der Waals surface area contributed by atoms with Crippen molar-refractivity contribution < 1.29 is 18.0 Å². The first-order chi connectivity index (χ1) is 9.27. The summed E-state index contributed by atoms with van der Waals surface area (Å²) in [5, 5.41) is 10.1. The molecule has 0 aliphatic carbocycles. The second kappa shape index (κ2) is 5.10. The van der Waals surface area contributed by atoms with Crippen LogP contribution in [0.3, 0.4) is 0 Å².